The van der Waals surface area contributed by atoms with E-state index in [1.165, 1.54) is 6.42 Å². The van der Waals surface area contributed by atoms with Gasteiger partial charge in [0.15, 0.2) is 0 Å². The third-order valence-corrected chi connectivity index (χ3v) is 2.79. The first-order valence-corrected chi connectivity index (χ1v) is 6.17. The minimum absolute atomic E-state index is 0.0523. The van der Waals surface area contributed by atoms with Crippen LogP contribution in [-0.2, 0) is 0 Å². The summed E-state index contributed by atoms with van der Waals surface area (Å²) in [5.41, 5.74) is 8.10. The number of carbonyl (C=O) groups excluding carboxylic acids is 1. The molecule has 0 atom stereocenters. The first-order valence-electron chi connectivity index (χ1n) is 6.17. The Morgan fingerprint density at radius 1 is 1.29 bits per heavy atom. The summed E-state index contributed by atoms with van der Waals surface area (Å²) in [5, 5.41) is 0. The SMILES string of the molecule is CCCCCN(C)C(=O)c1cc(C)cc(N)c1. The van der Waals surface area contributed by atoms with Crippen molar-refractivity contribution in [3.63, 3.8) is 0 Å². The summed E-state index contributed by atoms with van der Waals surface area (Å²) < 4.78 is 0. The highest BCUT2D eigenvalue weighted by molar-refractivity contribution is 5.95. The number of anilines is 1. The summed E-state index contributed by atoms with van der Waals surface area (Å²) >= 11 is 0. The molecular formula is C14H22N2O. The number of carbonyl (C=O) groups is 1. The molecule has 0 aliphatic rings. The van der Waals surface area contributed by atoms with E-state index in [1.54, 1.807) is 11.0 Å². The third kappa shape index (κ3) is 4.10. The number of nitrogen functional groups attached to an aromatic ring is 1. The lowest BCUT2D eigenvalue weighted by Crippen LogP contribution is -2.27. The fraction of sp³-hybridized carbons (Fsp3) is 0.500. The Labute approximate surface area is 104 Å². The van der Waals surface area contributed by atoms with Gasteiger partial charge in [0.2, 0.25) is 0 Å². The molecule has 0 bridgehead atoms. The van der Waals surface area contributed by atoms with Gasteiger partial charge in [-0.05, 0) is 37.1 Å². The molecule has 17 heavy (non-hydrogen) atoms. The minimum Gasteiger partial charge on any atom is -0.399 e. The zero-order valence-corrected chi connectivity index (χ0v) is 11.0. The van der Waals surface area contributed by atoms with Crippen molar-refractivity contribution in [1.29, 1.82) is 0 Å². The lowest BCUT2D eigenvalue weighted by atomic mass is 10.1. The molecule has 0 aromatic heterocycles. The van der Waals surface area contributed by atoms with Crippen LogP contribution in [0, 0.1) is 6.92 Å². The highest BCUT2D eigenvalue weighted by atomic mass is 16.2. The lowest BCUT2D eigenvalue weighted by Gasteiger charge is -2.17. The second-order valence-corrected chi connectivity index (χ2v) is 4.57. The van der Waals surface area contributed by atoms with Crippen LogP contribution in [0.15, 0.2) is 18.2 Å². The predicted molar refractivity (Wildman–Crippen MR) is 72.1 cm³/mol. The van der Waals surface area contributed by atoms with Crippen LogP contribution in [0.25, 0.3) is 0 Å². The fourth-order valence-corrected chi connectivity index (χ4v) is 1.86. The van der Waals surface area contributed by atoms with Crippen LogP contribution in [0.3, 0.4) is 0 Å². The smallest absolute Gasteiger partial charge is 0.253 e. The largest absolute Gasteiger partial charge is 0.399 e. The second kappa shape index (κ2) is 6.28. The van der Waals surface area contributed by atoms with Gasteiger partial charge in [0, 0.05) is 24.8 Å². The summed E-state index contributed by atoms with van der Waals surface area (Å²) in [6, 6.07) is 5.49. The van der Waals surface area contributed by atoms with E-state index in [0.29, 0.717) is 11.3 Å². The zero-order chi connectivity index (χ0) is 12.8. The molecule has 3 nitrogen and oxygen atoms in total. The Morgan fingerprint density at radius 2 is 2.00 bits per heavy atom. The van der Waals surface area contributed by atoms with Crippen LogP contribution in [0.2, 0.25) is 0 Å². The normalized spacial score (nSPS) is 10.3. The second-order valence-electron chi connectivity index (χ2n) is 4.57. The maximum Gasteiger partial charge on any atom is 0.253 e. The maximum absolute atomic E-state index is 12.1. The van der Waals surface area contributed by atoms with E-state index in [4.69, 9.17) is 5.73 Å². The predicted octanol–water partition coefficient (Wildman–Crippen LogP) is 2.84. The molecule has 0 radical (unpaired) electrons. The molecule has 2 N–H and O–H groups in total. The maximum atomic E-state index is 12.1. The molecule has 1 rings (SSSR count). The van der Waals surface area contributed by atoms with Gasteiger partial charge < -0.3 is 10.6 Å². The number of benzene rings is 1. The van der Waals surface area contributed by atoms with Crippen molar-refractivity contribution >= 4 is 11.6 Å². The molecule has 0 heterocycles. The van der Waals surface area contributed by atoms with E-state index in [2.05, 4.69) is 6.92 Å². The van der Waals surface area contributed by atoms with Crippen LogP contribution in [-0.4, -0.2) is 24.4 Å². The highest BCUT2D eigenvalue weighted by Gasteiger charge is 2.11. The molecule has 0 aliphatic heterocycles. The Kier molecular flexibility index (Phi) is 5.01. The Hall–Kier alpha value is -1.51. The van der Waals surface area contributed by atoms with E-state index < -0.39 is 0 Å². The van der Waals surface area contributed by atoms with Crippen molar-refractivity contribution in [3.8, 4) is 0 Å². The number of amides is 1. The Balaban J connectivity index is 2.68. The van der Waals surface area contributed by atoms with Crippen LogP contribution in [0.1, 0.15) is 42.1 Å². The first kappa shape index (κ1) is 13.6. The summed E-state index contributed by atoms with van der Waals surface area (Å²) in [7, 11) is 1.84. The number of hydrogen-bond donors (Lipinski definition) is 1. The zero-order valence-electron chi connectivity index (χ0n) is 11.0. The molecule has 0 fully saturated rings. The van der Waals surface area contributed by atoms with Crippen molar-refractivity contribution in [2.75, 3.05) is 19.3 Å². The highest BCUT2D eigenvalue weighted by Crippen LogP contribution is 2.13. The molecule has 0 saturated heterocycles. The summed E-state index contributed by atoms with van der Waals surface area (Å²) in [5.74, 6) is 0.0523. The first-order chi connectivity index (χ1) is 8.04. The van der Waals surface area contributed by atoms with Gasteiger partial charge in [0.1, 0.15) is 0 Å². The number of unbranched alkanes of at least 4 members (excludes halogenated alkanes) is 2. The molecule has 1 aromatic carbocycles. The number of nitrogens with zero attached hydrogens (tertiary/aromatic N) is 1. The van der Waals surface area contributed by atoms with Gasteiger partial charge in [-0.25, -0.2) is 0 Å². The van der Waals surface area contributed by atoms with Gasteiger partial charge in [0.05, 0.1) is 0 Å². The van der Waals surface area contributed by atoms with Gasteiger partial charge in [0.25, 0.3) is 5.91 Å². The molecule has 0 aliphatic carbocycles. The van der Waals surface area contributed by atoms with Crippen LogP contribution < -0.4 is 5.73 Å². The average Bonchev–Trinajstić information content (AvgIpc) is 2.27. The molecule has 1 aromatic rings. The molecule has 0 spiro atoms. The van der Waals surface area contributed by atoms with Gasteiger partial charge in [-0.2, -0.15) is 0 Å². The van der Waals surface area contributed by atoms with E-state index in [0.717, 1.165) is 24.9 Å². The van der Waals surface area contributed by atoms with E-state index in [9.17, 15) is 4.79 Å². The van der Waals surface area contributed by atoms with Crippen molar-refractivity contribution in [2.24, 2.45) is 0 Å². The van der Waals surface area contributed by atoms with Gasteiger partial charge in [-0.1, -0.05) is 19.8 Å². The fourth-order valence-electron chi connectivity index (χ4n) is 1.86. The Bertz CT molecular complexity index is 368. The summed E-state index contributed by atoms with van der Waals surface area (Å²) in [4.78, 5) is 13.9. The van der Waals surface area contributed by atoms with E-state index >= 15 is 0 Å². The van der Waals surface area contributed by atoms with Crippen LogP contribution in [0.5, 0.6) is 0 Å². The number of nitrogens with two attached hydrogens (primary N) is 1. The van der Waals surface area contributed by atoms with Gasteiger partial charge in [-0.15, -0.1) is 0 Å². The Morgan fingerprint density at radius 3 is 2.59 bits per heavy atom. The van der Waals surface area contributed by atoms with Crippen LogP contribution in [0.4, 0.5) is 5.69 Å². The molecule has 0 saturated carbocycles. The summed E-state index contributed by atoms with van der Waals surface area (Å²) in [6.45, 7) is 4.91. The molecule has 1 amide bonds. The van der Waals surface area contributed by atoms with E-state index in [-0.39, 0.29) is 5.91 Å². The summed E-state index contributed by atoms with van der Waals surface area (Å²) in [6.07, 6.45) is 3.38. The minimum atomic E-state index is 0.0523. The molecule has 3 heteroatoms. The molecular weight excluding hydrogens is 212 g/mol. The number of rotatable bonds is 5. The van der Waals surface area contributed by atoms with Crippen molar-refractivity contribution in [1.82, 2.24) is 4.90 Å². The third-order valence-electron chi connectivity index (χ3n) is 2.79. The van der Waals surface area contributed by atoms with Crippen molar-refractivity contribution in [3.05, 3.63) is 29.3 Å². The average molecular weight is 234 g/mol. The van der Waals surface area contributed by atoms with Crippen molar-refractivity contribution in [2.45, 2.75) is 33.1 Å². The number of aryl methyl sites for hydroxylation is 1. The standard InChI is InChI=1S/C14H22N2O/c1-4-5-6-7-16(3)14(17)12-8-11(2)9-13(15)10-12/h8-10H,4-7,15H2,1-3H3. The topological polar surface area (TPSA) is 46.3 Å². The number of hydrogen-bond acceptors (Lipinski definition) is 2. The van der Waals surface area contributed by atoms with E-state index in [1.807, 2.05) is 26.1 Å². The lowest BCUT2D eigenvalue weighted by molar-refractivity contribution is 0.0792. The molecule has 94 valence electrons. The van der Waals surface area contributed by atoms with Gasteiger partial charge in [-0.3, -0.25) is 4.79 Å². The van der Waals surface area contributed by atoms with Crippen LogP contribution >= 0.6 is 0 Å². The quantitative estimate of drug-likeness (QED) is 0.629. The monoisotopic (exact) mass is 234 g/mol. The molecule has 0 unspecified atom stereocenters. The van der Waals surface area contributed by atoms with Gasteiger partial charge >= 0.3 is 0 Å². The van der Waals surface area contributed by atoms with Crippen molar-refractivity contribution < 1.29 is 4.79 Å².